The summed E-state index contributed by atoms with van der Waals surface area (Å²) in [7, 11) is 0. The quantitative estimate of drug-likeness (QED) is 0.838. The molecule has 0 radical (unpaired) electrons. The van der Waals surface area contributed by atoms with Gasteiger partial charge in [0.05, 0.1) is 29.2 Å². The Morgan fingerprint density at radius 3 is 2.64 bits per heavy atom. The lowest BCUT2D eigenvalue weighted by Gasteiger charge is -2.52. The molecular weight excluding hydrogens is 310 g/mol. The van der Waals surface area contributed by atoms with Gasteiger partial charge in [-0.15, -0.1) is 0 Å². The summed E-state index contributed by atoms with van der Waals surface area (Å²) in [6, 6.07) is 12.4. The lowest BCUT2D eigenvalue weighted by molar-refractivity contribution is 0.0621. The van der Waals surface area contributed by atoms with E-state index in [0.717, 1.165) is 18.5 Å². The molecule has 2 aliphatic rings. The number of benzene rings is 1. The molecule has 2 aliphatic carbocycles. The number of para-hydroxylation sites is 1. The number of nitrogens with zero attached hydrogens (tertiary/aromatic N) is 3. The van der Waals surface area contributed by atoms with Crippen LogP contribution in [0.1, 0.15) is 44.9 Å². The van der Waals surface area contributed by atoms with E-state index in [1.54, 1.807) is 0 Å². The Balaban J connectivity index is 1.95. The lowest BCUT2D eigenvalue weighted by Crippen LogP contribution is -2.49. The summed E-state index contributed by atoms with van der Waals surface area (Å²) in [6.07, 6.45) is 4.50. The zero-order chi connectivity index (χ0) is 17.8. The fourth-order valence-corrected chi connectivity index (χ4v) is 5.18. The van der Waals surface area contributed by atoms with Crippen LogP contribution in [0.4, 0.5) is 0 Å². The third-order valence-corrected chi connectivity index (χ3v) is 6.30. The minimum Gasteiger partial charge on any atom is -0.511 e. The van der Waals surface area contributed by atoms with Crippen LogP contribution >= 0.6 is 0 Å². The maximum atomic E-state index is 10.7. The molecule has 25 heavy (non-hydrogen) atoms. The molecule has 0 aliphatic heterocycles. The van der Waals surface area contributed by atoms with E-state index in [9.17, 15) is 10.4 Å². The van der Waals surface area contributed by atoms with Crippen LogP contribution in [0.25, 0.3) is 5.69 Å². The predicted octanol–water partition coefficient (Wildman–Crippen LogP) is 4.46. The van der Waals surface area contributed by atoms with Gasteiger partial charge in [0.2, 0.25) is 0 Å². The maximum absolute atomic E-state index is 10.7. The minimum absolute atomic E-state index is 0.222. The molecule has 4 heteroatoms. The van der Waals surface area contributed by atoms with Crippen LogP contribution in [0.3, 0.4) is 0 Å². The summed E-state index contributed by atoms with van der Waals surface area (Å²) in [4.78, 5) is 0. The van der Waals surface area contributed by atoms with Crippen molar-refractivity contribution in [2.45, 2.75) is 45.4 Å². The van der Waals surface area contributed by atoms with Crippen LogP contribution in [0.15, 0.2) is 47.9 Å². The van der Waals surface area contributed by atoms with Gasteiger partial charge in [0, 0.05) is 10.8 Å². The molecule has 0 unspecified atom stereocenters. The smallest absolute Gasteiger partial charge is 0.112 e. The molecule has 1 aromatic heterocycles. The normalized spacial score (nSPS) is 27.4. The summed E-state index contributed by atoms with van der Waals surface area (Å²) < 4.78 is 2.04. The first-order valence-corrected chi connectivity index (χ1v) is 8.85. The van der Waals surface area contributed by atoms with E-state index in [2.05, 4.69) is 44.1 Å². The number of aryl methyl sites for hydroxylation is 1. The molecule has 0 spiro atoms. The second-order valence-electron chi connectivity index (χ2n) is 8.11. The summed E-state index contributed by atoms with van der Waals surface area (Å²) >= 11 is 0. The Labute approximate surface area is 148 Å². The monoisotopic (exact) mass is 333 g/mol. The van der Waals surface area contributed by atoms with Crippen molar-refractivity contribution in [3.8, 4) is 11.8 Å². The van der Waals surface area contributed by atoms with Crippen molar-refractivity contribution in [2.75, 3.05) is 0 Å². The Morgan fingerprint density at radius 2 is 1.96 bits per heavy atom. The second kappa shape index (κ2) is 5.23. The number of fused-ring (bicyclic) bond motifs is 3. The Morgan fingerprint density at radius 1 is 1.24 bits per heavy atom. The number of aliphatic hydroxyl groups is 1. The molecular formula is C21H23N3O. The van der Waals surface area contributed by atoms with Gasteiger partial charge in [-0.25, -0.2) is 4.68 Å². The van der Waals surface area contributed by atoms with Crippen molar-refractivity contribution in [3.05, 3.63) is 59.1 Å². The van der Waals surface area contributed by atoms with Crippen LogP contribution in [-0.2, 0) is 11.8 Å². The molecule has 4 nitrogen and oxygen atoms in total. The van der Waals surface area contributed by atoms with Crippen LogP contribution in [0, 0.1) is 22.7 Å². The molecule has 128 valence electrons. The number of rotatable bonds is 1. The fraction of sp³-hybridized carbons (Fsp3) is 0.429. The van der Waals surface area contributed by atoms with Crippen molar-refractivity contribution in [2.24, 2.45) is 11.3 Å². The average Bonchev–Trinajstić information content (AvgIpc) is 3.04. The number of hydrogen-bond acceptors (Lipinski definition) is 3. The van der Waals surface area contributed by atoms with Gasteiger partial charge in [-0.3, -0.25) is 0 Å². The van der Waals surface area contributed by atoms with E-state index < -0.39 is 5.41 Å². The number of aliphatic hydroxyl groups excluding tert-OH is 1. The standard InChI is InChI=1S/C21H23N3O/c1-20(2)17-10-9-14-13-23-24(16-7-5-4-6-8-16)18(14)21(17,3)11-15(12-22)19(20)25/h4-8,13,17,25H,9-11H2,1-3H3/t17-,21-/m0/s1. The summed E-state index contributed by atoms with van der Waals surface area (Å²) in [5.41, 5.74) is 3.38. The van der Waals surface area contributed by atoms with Crippen molar-refractivity contribution < 1.29 is 5.11 Å². The fourth-order valence-electron chi connectivity index (χ4n) is 5.18. The van der Waals surface area contributed by atoms with Crippen molar-refractivity contribution in [1.82, 2.24) is 9.78 Å². The van der Waals surface area contributed by atoms with Crippen molar-refractivity contribution in [3.63, 3.8) is 0 Å². The van der Waals surface area contributed by atoms with Gasteiger partial charge >= 0.3 is 0 Å². The third kappa shape index (κ3) is 2.08. The molecule has 0 fully saturated rings. The van der Waals surface area contributed by atoms with Crippen molar-refractivity contribution >= 4 is 0 Å². The zero-order valence-electron chi connectivity index (χ0n) is 15.0. The van der Waals surface area contributed by atoms with E-state index >= 15 is 0 Å². The highest BCUT2D eigenvalue weighted by Crippen LogP contribution is 2.58. The lowest BCUT2D eigenvalue weighted by atomic mass is 9.52. The third-order valence-electron chi connectivity index (χ3n) is 6.30. The molecule has 1 N–H and O–H groups in total. The Kier molecular flexibility index (Phi) is 3.34. The minimum atomic E-state index is -0.415. The summed E-state index contributed by atoms with van der Waals surface area (Å²) in [6.45, 7) is 6.37. The topological polar surface area (TPSA) is 61.8 Å². The van der Waals surface area contributed by atoms with Crippen LogP contribution < -0.4 is 0 Å². The molecule has 0 amide bonds. The molecule has 2 atom stereocenters. The van der Waals surface area contributed by atoms with E-state index in [4.69, 9.17) is 0 Å². The first-order valence-electron chi connectivity index (χ1n) is 8.85. The molecule has 0 saturated carbocycles. The maximum Gasteiger partial charge on any atom is 0.112 e. The number of allylic oxidation sites excluding steroid dienone is 2. The predicted molar refractivity (Wildman–Crippen MR) is 96.4 cm³/mol. The van der Waals surface area contributed by atoms with Gasteiger partial charge in [-0.05, 0) is 42.9 Å². The van der Waals surface area contributed by atoms with E-state index in [1.807, 2.05) is 29.1 Å². The SMILES string of the molecule is CC1(C)C(O)=C(C#N)C[C@]2(C)c3c(cnn3-c3ccccc3)CC[C@@H]12. The molecule has 2 aromatic rings. The zero-order valence-corrected chi connectivity index (χ0v) is 15.0. The van der Waals surface area contributed by atoms with E-state index in [-0.39, 0.29) is 17.1 Å². The van der Waals surface area contributed by atoms with Crippen LogP contribution in [0.2, 0.25) is 0 Å². The first kappa shape index (κ1) is 16.0. The van der Waals surface area contributed by atoms with Gasteiger partial charge < -0.3 is 5.11 Å². The van der Waals surface area contributed by atoms with Crippen LogP contribution in [-0.4, -0.2) is 14.9 Å². The molecule has 0 saturated heterocycles. The highest BCUT2D eigenvalue weighted by Gasteiger charge is 2.55. The molecule has 4 rings (SSSR count). The average molecular weight is 333 g/mol. The Hall–Kier alpha value is -2.54. The van der Waals surface area contributed by atoms with Crippen molar-refractivity contribution in [1.29, 1.82) is 5.26 Å². The number of aromatic nitrogens is 2. The van der Waals surface area contributed by atoms with E-state index in [1.165, 1.54) is 11.3 Å². The second-order valence-corrected chi connectivity index (χ2v) is 8.11. The largest absolute Gasteiger partial charge is 0.511 e. The van der Waals surface area contributed by atoms with Gasteiger partial charge in [0.25, 0.3) is 0 Å². The Bertz CT molecular complexity index is 901. The first-order chi connectivity index (χ1) is 11.9. The molecule has 0 bridgehead atoms. The number of hydrogen-bond donors (Lipinski definition) is 1. The highest BCUT2D eigenvalue weighted by atomic mass is 16.3. The summed E-state index contributed by atoms with van der Waals surface area (Å²) in [5.74, 6) is 0.537. The highest BCUT2D eigenvalue weighted by molar-refractivity contribution is 5.46. The molecule has 1 aromatic carbocycles. The molecule has 1 heterocycles. The summed E-state index contributed by atoms with van der Waals surface area (Å²) in [5, 5.41) is 24.9. The van der Waals surface area contributed by atoms with Gasteiger partial charge in [-0.1, -0.05) is 39.0 Å². The van der Waals surface area contributed by atoms with Gasteiger partial charge in [0.1, 0.15) is 5.76 Å². The van der Waals surface area contributed by atoms with Gasteiger partial charge in [0.15, 0.2) is 0 Å². The van der Waals surface area contributed by atoms with Gasteiger partial charge in [-0.2, -0.15) is 10.4 Å². The van der Waals surface area contributed by atoms with E-state index in [0.29, 0.717) is 12.0 Å². The van der Waals surface area contributed by atoms with Crippen LogP contribution in [0.5, 0.6) is 0 Å². The number of nitriles is 1.